The molecule has 1 aliphatic rings. The molecule has 2 heterocycles. The molecule has 0 amide bonds. The first-order valence-electron chi connectivity index (χ1n) is 5.60. The van der Waals surface area contributed by atoms with Gasteiger partial charge in [-0.05, 0) is 13.8 Å². The molecule has 1 aliphatic heterocycles. The van der Waals surface area contributed by atoms with Crippen molar-refractivity contribution < 1.29 is 4.74 Å². The summed E-state index contributed by atoms with van der Waals surface area (Å²) in [4.78, 5) is 10.9. The van der Waals surface area contributed by atoms with Crippen molar-refractivity contribution in [1.29, 1.82) is 0 Å². The number of anilines is 2. The molecule has 0 saturated carbocycles. The molecule has 5 heteroatoms. The molecular weight excluding hydrogens is 204 g/mol. The van der Waals surface area contributed by atoms with Gasteiger partial charge >= 0.3 is 0 Å². The Balaban J connectivity index is 2.14. The van der Waals surface area contributed by atoms with Gasteiger partial charge in [-0.2, -0.15) is 4.98 Å². The number of hydrogen-bond acceptors (Lipinski definition) is 5. The van der Waals surface area contributed by atoms with E-state index in [1.54, 1.807) is 0 Å². The van der Waals surface area contributed by atoms with E-state index in [4.69, 9.17) is 4.74 Å². The monoisotopic (exact) mass is 222 g/mol. The third-order valence-corrected chi connectivity index (χ3v) is 2.65. The number of aryl methyl sites for hydroxylation is 1. The molecule has 1 N–H and O–H groups in total. The number of aromatic nitrogens is 2. The number of nitrogens with one attached hydrogen (secondary N) is 1. The van der Waals surface area contributed by atoms with Gasteiger partial charge in [0.1, 0.15) is 5.82 Å². The average Bonchev–Trinajstić information content (AvgIpc) is 2.21. The first-order valence-corrected chi connectivity index (χ1v) is 5.60. The second-order valence-electron chi connectivity index (χ2n) is 4.09. The first kappa shape index (κ1) is 11.1. The fraction of sp³-hybridized carbons (Fsp3) is 0.636. The Labute approximate surface area is 95.8 Å². The van der Waals surface area contributed by atoms with Crippen LogP contribution in [0.1, 0.15) is 12.6 Å². The Morgan fingerprint density at radius 1 is 1.50 bits per heavy atom. The van der Waals surface area contributed by atoms with Crippen molar-refractivity contribution in [2.75, 3.05) is 37.0 Å². The summed E-state index contributed by atoms with van der Waals surface area (Å²) in [6.45, 7) is 6.50. The second kappa shape index (κ2) is 4.65. The summed E-state index contributed by atoms with van der Waals surface area (Å²) in [5.41, 5.74) is 0.980. The summed E-state index contributed by atoms with van der Waals surface area (Å²) in [5, 5.41) is 3.34. The van der Waals surface area contributed by atoms with Gasteiger partial charge in [0.2, 0.25) is 5.95 Å². The van der Waals surface area contributed by atoms with E-state index >= 15 is 0 Å². The van der Waals surface area contributed by atoms with E-state index in [1.165, 1.54) is 0 Å². The molecule has 1 aromatic heterocycles. The average molecular weight is 222 g/mol. The van der Waals surface area contributed by atoms with Gasteiger partial charge in [0, 0.05) is 25.4 Å². The summed E-state index contributed by atoms with van der Waals surface area (Å²) in [7, 11) is 1.99. The maximum absolute atomic E-state index is 5.12. The van der Waals surface area contributed by atoms with Crippen molar-refractivity contribution in [2.45, 2.75) is 19.9 Å². The van der Waals surface area contributed by atoms with Gasteiger partial charge in [-0.25, -0.2) is 4.98 Å². The predicted octanol–water partition coefficient (Wildman–Crippen LogP) is 1.05. The first-order chi connectivity index (χ1) is 7.69. The van der Waals surface area contributed by atoms with E-state index < -0.39 is 0 Å². The fourth-order valence-corrected chi connectivity index (χ4v) is 1.47. The minimum atomic E-state index is 0.397. The number of ether oxygens (including phenoxy) is 1. The van der Waals surface area contributed by atoms with Gasteiger partial charge in [-0.1, -0.05) is 0 Å². The lowest BCUT2D eigenvalue weighted by molar-refractivity contribution is 0.0209. The minimum Gasteiger partial charge on any atom is -0.377 e. The summed E-state index contributed by atoms with van der Waals surface area (Å²) in [6, 6.07) is 2.36. The van der Waals surface area contributed by atoms with Crippen LogP contribution in [0, 0.1) is 6.92 Å². The Morgan fingerprint density at radius 2 is 2.25 bits per heavy atom. The van der Waals surface area contributed by atoms with Crippen LogP contribution in [0.15, 0.2) is 6.07 Å². The van der Waals surface area contributed by atoms with Crippen molar-refractivity contribution in [3.8, 4) is 0 Å². The van der Waals surface area contributed by atoms with Crippen LogP contribution in [0.4, 0.5) is 11.8 Å². The molecule has 1 fully saturated rings. The summed E-state index contributed by atoms with van der Waals surface area (Å²) >= 11 is 0. The Hall–Kier alpha value is -1.36. The van der Waals surface area contributed by atoms with Crippen LogP contribution in [-0.4, -0.2) is 42.8 Å². The molecule has 0 radical (unpaired) electrons. The highest BCUT2D eigenvalue weighted by Gasteiger charge is 2.18. The molecule has 0 spiro atoms. The van der Waals surface area contributed by atoms with Crippen LogP contribution in [-0.2, 0) is 4.74 Å². The van der Waals surface area contributed by atoms with Crippen LogP contribution < -0.4 is 10.2 Å². The van der Waals surface area contributed by atoms with E-state index in [0.29, 0.717) is 6.04 Å². The van der Waals surface area contributed by atoms with Gasteiger partial charge < -0.3 is 15.0 Å². The number of nitrogens with zero attached hydrogens (tertiary/aromatic N) is 3. The molecule has 5 nitrogen and oxygen atoms in total. The van der Waals surface area contributed by atoms with Crippen molar-refractivity contribution in [3.05, 3.63) is 11.8 Å². The molecule has 0 bridgehead atoms. The molecule has 0 unspecified atom stereocenters. The molecule has 0 aliphatic carbocycles. The van der Waals surface area contributed by atoms with Crippen LogP contribution in [0.25, 0.3) is 0 Å². The SMILES string of the molecule is CCN(C)c1nc(C)cc(NC2COC2)n1. The van der Waals surface area contributed by atoms with E-state index in [9.17, 15) is 0 Å². The lowest BCUT2D eigenvalue weighted by Crippen LogP contribution is -2.40. The minimum absolute atomic E-state index is 0.397. The van der Waals surface area contributed by atoms with Crippen LogP contribution in [0.3, 0.4) is 0 Å². The van der Waals surface area contributed by atoms with Gasteiger partial charge in [0.15, 0.2) is 0 Å². The molecule has 88 valence electrons. The van der Waals surface area contributed by atoms with Crippen molar-refractivity contribution in [2.24, 2.45) is 0 Å². The van der Waals surface area contributed by atoms with Gasteiger partial charge in [-0.3, -0.25) is 0 Å². The zero-order valence-corrected chi connectivity index (χ0v) is 10.0. The Bertz CT molecular complexity index is 365. The zero-order chi connectivity index (χ0) is 11.5. The van der Waals surface area contributed by atoms with E-state index in [-0.39, 0.29) is 0 Å². The molecular formula is C11H18N4O. The third-order valence-electron chi connectivity index (χ3n) is 2.65. The maximum atomic E-state index is 5.12. The quantitative estimate of drug-likeness (QED) is 0.825. The molecule has 2 rings (SSSR count). The summed E-state index contributed by atoms with van der Waals surface area (Å²) in [5.74, 6) is 1.65. The normalized spacial score (nSPS) is 15.7. The van der Waals surface area contributed by atoms with Crippen molar-refractivity contribution in [3.63, 3.8) is 0 Å². The van der Waals surface area contributed by atoms with E-state index in [1.807, 2.05) is 24.9 Å². The highest BCUT2D eigenvalue weighted by atomic mass is 16.5. The van der Waals surface area contributed by atoms with Gasteiger partial charge in [0.05, 0.1) is 19.3 Å². The lowest BCUT2D eigenvalue weighted by atomic mass is 10.2. The van der Waals surface area contributed by atoms with Crippen LogP contribution in [0.2, 0.25) is 0 Å². The molecule has 0 atom stereocenters. The number of hydrogen-bond donors (Lipinski definition) is 1. The molecule has 0 aromatic carbocycles. The fourth-order valence-electron chi connectivity index (χ4n) is 1.47. The smallest absolute Gasteiger partial charge is 0.227 e. The Kier molecular flexibility index (Phi) is 3.24. The molecule has 16 heavy (non-hydrogen) atoms. The van der Waals surface area contributed by atoms with E-state index in [0.717, 1.165) is 37.2 Å². The van der Waals surface area contributed by atoms with Crippen molar-refractivity contribution in [1.82, 2.24) is 9.97 Å². The van der Waals surface area contributed by atoms with Crippen LogP contribution in [0.5, 0.6) is 0 Å². The summed E-state index contributed by atoms with van der Waals surface area (Å²) in [6.07, 6.45) is 0. The lowest BCUT2D eigenvalue weighted by Gasteiger charge is -2.27. The highest BCUT2D eigenvalue weighted by molar-refractivity contribution is 5.44. The standard InChI is InChI=1S/C11H18N4O/c1-4-15(3)11-12-8(2)5-10(14-11)13-9-6-16-7-9/h5,9H,4,6-7H2,1-3H3,(H,12,13,14). The van der Waals surface area contributed by atoms with Crippen molar-refractivity contribution >= 4 is 11.8 Å². The van der Waals surface area contributed by atoms with Crippen LogP contribution >= 0.6 is 0 Å². The molecule has 1 aromatic rings. The third kappa shape index (κ3) is 2.41. The second-order valence-corrected chi connectivity index (χ2v) is 4.09. The highest BCUT2D eigenvalue weighted by Crippen LogP contribution is 2.15. The Morgan fingerprint density at radius 3 is 2.81 bits per heavy atom. The molecule has 1 saturated heterocycles. The maximum Gasteiger partial charge on any atom is 0.227 e. The predicted molar refractivity (Wildman–Crippen MR) is 63.9 cm³/mol. The number of rotatable bonds is 4. The summed E-state index contributed by atoms with van der Waals surface area (Å²) < 4.78 is 5.12. The largest absolute Gasteiger partial charge is 0.377 e. The van der Waals surface area contributed by atoms with Gasteiger partial charge in [0.25, 0.3) is 0 Å². The van der Waals surface area contributed by atoms with Gasteiger partial charge in [-0.15, -0.1) is 0 Å². The zero-order valence-electron chi connectivity index (χ0n) is 10.0. The topological polar surface area (TPSA) is 50.3 Å². The van der Waals surface area contributed by atoms with E-state index in [2.05, 4.69) is 22.2 Å².